The molecule has 1 heterocycles. The van der Waals surface area contributed by atoms with Crippen molar-refractivity contribution in [1.29, 1.82) is 0 Å². The molecular weight excluding hydrogens is 341 g/mol. The summed E-state index contributed by atoms with van der Waals surface area (Å²) in [4.78, 5) is 15.0. The fourth-order valence-electron chi connectivity index (χ4n) is 3.86. The zero-order chi connectivity index (χ0) is 16.9. The number of hydrogen-bond acceptors (Lipinski definition) is 3. The van der Waals surface area contributed by atoms with Gasteiger partial charge in [-0.05, 0) is 62.8 Å². The summed E-state index contributed by atoms with van der Waals surface area (Å²) in [6.45, 7) is 1.62. The second-order valence-electron chi connectivity index (χ2n) is 7.23. The van der Waals surface area contributed by atoms with Gasteiger partial charge in [-0.1, -0.05) is 18.6 Å². The van der Waals surface area contributed by atoms with Crippen molar-refractivity contribution < 1.29 is 9.18 Å². The monoisotopic (exact) mass is 369 g/mol. The zero-order valence-corrected chi connectivity index (χ0v) is 15.4. The molecule has 0 spiro atoms. The lowest BCUT2D eigenvalue weighted by Crippen LogP contribution is -2.52. The molecule has 6 heteroatoms. The molecule has 1 saturated heterocycles. The van der Waals surface area contributed by atoms with Crippen LogP contribution in [-0.4, -0.2) is 35.5 Å². The number of nitrogens with zero attached hydrogens (tertiary/aromatic N) is 1. The fraction of sp³-hybridized carbons (Fsp3) is 0.632. The van der Waals surface area contributed by atoms with Gasteiger partial charge in [0.25, 0.3) is 0 Å². The maximum Gasteiger partial charge on any atom is 0.237 e. The van der Waals surface area contributed by atoms with Gasteiger partial charge in [0, 0.05) is 18.6 Å². The molecule has 0 radical (unpaired) electrons. The third-order valence-corrected chi connectivity index (χ3v) is 5.33. The lowest BCUT2D eigenvalue weighted by molar-refractivity contribution is -0.128. The number of likely N-dealkylation sites (tertiary alicyclic amines) is 1. The normalized spacial score (nSPS) is 27.4. The van der Waals surface area contributed by atoms with Crippen molar-refractivity contribution in [3.63, 3.8) is 0 Å². The van der Waals surface area contributed by atoms with Crippen LogP contribution < -0.4 is 11.1 Å². The van der Waals surface area contributed by atoms with Gasteiger partial charge in [-0.25, -0.2) is 4.39 Å². The number of carbonyl (C=O) groups is 1. The summed E-state index contributed by atoms with van der Waals surface area (Å²) in [6.07, 6.45) is 7.06. The van der Waals surface area contributed by atoms with E-state index in [2.05, 4.69) is 10.2 Å². The van der Waals surface area contributed by atoms with E-state index in [1.54, 1.807) is 12.1 Å². The molecule has 25 heavy (non-hydrogen) atoms. The van der Waals surface area contributed by atoms with E-state index in [0.717, 1.165) is 57.1 Å². The molecule has 0 aromatic heterocycles. The summed E-state index contributed by atoms with van der Waals surface area (Å²) in [5, 5.41) is 3.24. The Balaban J connectivity index is 0.00000225. The lowest BCUT2D eigenvalue weighted by atomic mass is 9.91. The number of rotatable bonds is 4. The van der Waals surface area contributed by atoms with Crippen molar-refractivity contribution in [2.75, 3.05) is 6.54 Å². The van der Waals surface area contributed by atoms with Crippen LogP contribution in [0.5, 0.6) is 0 Å². The Labute approximate surface area is 155 Å². The molecule has 1 aliphatic heterocycles. The third kappa shape index (κ3) is 5.66. The standard InChI is InChI=1S/C19H28FN3O.ClH/c20-15-6-4-14(5-7-15)13-23-12-2-1-3-18(23)19(24)22-17-10-8-16(21)9-11-17;/h4-7,16-18H,1-3,8-13,21H2,(H,22,24);1H. The van der Waals surface area contributed by atoms with E-state index < -0.39 is 0 Å². The highest BCUT2D eigenvalue weighted by atomic mass is 35.5. The molecule has 1 unspecified atom stereocenters. The SMILES string of the molecule is Cl.NC1CCC(NC(=O)C2CCCCN2Cc2ccc(F)cc2)CC1. The quantitative estimate of drug-likeness (QED) is 0.857. The highest BCUT2D eigenvalue weighted by Crippen LogP contribution is 2.22. The van der Waals surface area contributed by atoms with Gasteiger partial charge in [-0.3, -0.25) is 9.69 Å². The number of carbonyl (C=O) groups excluding carboxylic acids is 1. The largest absolute Gasteiger partial charge is 0.352 e. The molecular formula is C19H29ClFN3O. The zero-order valence-electron chi connectivity index (χ0n) is 14.6. The predicted octanol–water partition coefficient (Wildman–Crippen LogP) is 2.99. The molecule has 1 aromatic rings. The Kier molecular flexibility index (Phi) is 7.66. The summed E-state index contributed by atoms with van der Waals surface area (Å²) in [6, 6.07) is 7.08. The molecule has 1 amide bonds. The minimum Gasteiger partial charge on any atom is -0.352 e. The lowest BCUT2D eigenvalue weighted by Gasteiger charge is -2.36. The third-order valence-electron chi connectivity index (χ3n) is 5.33. The van der Waals surface area contributed by atoms with Crippen molar-refractivity contribution in [3.8, 4) is 0 Å². The van der Waals surface area contributed by atoms with Crippen LogP contribution in [0, 0.1) is 5.82 Å². The topological polar surface area (TPSA) is 58.4 Å². The van der Waals surface area contributed by atoms with Gasteiger partial charge >= 0.3 is 0 Å². The van der Waals surface area contributed by atoms with E-state index >= 15 is 0 Å². The van der Waals surface area contributed by atoms with Crippen LogP contribution in [0.2, 0.25) is 0 Å². The summed E-state index contributed by atoms with van der Waals surface area (Å²) in [7, 11) is 0. The Bertz CT molecular complexity index is 546. The Morgan fingerprint density at radius 3 is 2.48 bits per heavy atom. The molecule has 3 N–H and O–H groups in total. The predicted molar refractivity (Wildman–Crippen MR) is 100 cm³/mol. The summed E-state index contributed by atoms with van der Waals surface area (Å²) >= 11 is 0. The van der Waals surface area contributed by atoms with Crippen LogP contribution >= 0.6 is 12.4 Å². The van der Waals surface area contributed by atoms with E-state index in [0.29, 0.717) is 12.6 Å². The van der Waals surface area contributed by atoms with Crippen LogP contribution in [0.25, 0.3) is 0 Å². The molecule has 1 aliphatic carbocycles. The van der Waals surface area contributed by atoms with Gasteiger partial charge in [0.1, 0.15) is 5.82 Å². The van der Waals surface area contributed by atoms with Crippen LogP contribution in [0.1, 0.15) is 50.5 Å². The minimum absolute atomic E-state index is 0. The molecule has 1 aromatic carbocycles. The first-order valence-corrected chi connectivity index (χ1v) is 9.16. The summed E-state index contributed by atoms with van der Waals surface area (Å²) in [5.41, 5.74) is 7.00. The second kappa shape index (κ2) is 9.51. The Morgan fingerprint density at radius 2 is 1.80 bits per heavy atom. The number of amides is 1. The van der Waals surface area contributed by atoms with Crippen molar-refractivity contribution in [3.05, 3.63) is 35.6 Å². The first kappa shape index (κ1) is 20.1. The Morgan fingerprint density at radius 1 is 1.12 bits per heavy atom. The number of nitrogens with one attached hydrogen (secondary N) is 1. The molecule has 140 valence electrons. The molecule has 1 atom stereocenters. The van der Waals surface area contributed by atoms with Gasteiger partial charge in [0.05, 0.1) is 6.04 Å². The maximum absolute atomic E-state index is 13.1. The van der Waals surface area contributed by atoms with Crippen LogP contribution in [0.4, 0.5) is 4.39 Å². The first-order chi connectivity index (χ1) is 11.6. The average molecular weight is 370 g/mol. The molecule has 1 saturated carbocycles. The molecule has 0 bridgehead atoms. The fourth-order valence-corrected chi connectivity index (χ4v) is 3.86. The Hall–Kier alpha value is -1.17. The van der Waals surface area contributed by atoms with E-state index in [1.165, 1.54) is 12.1 Å². The van der Waals surface area contributed by atoms with Gasteiger partial charge < -0.3 is 11.1 Å². The number of nitrogens with two attached hydrogens (primary N) is 1. The van der Waals surface area contributed by atoms with Crippen molar-refractivity contribution >= 4 is 18.3 Å². The van der Waals surface area contributed by atoms with Gasteiger partial charge in [-0.15, -0.1) is 12.4 Å². The smallest absolute Gasteiger partial charge is 0.237 e. The van der Waals surface area contributed by atoms with Gasteiger partial charge in [-0.2, -0.15) is 0 Å². The van der Waals surface area contributed by atoms with E-state index in [9.17, 15) is 9.18 Å². The molecule has 2 fully saturated rings. The summed E-state index contributed by atoms with van der Waals surface area (Å²) < 4.78 is 13.1. The number of piperidine rings is 1. The van der Waals surface area contributed by atoms with Crippen molar-refractivity contribution in [2.45, 2.75) is 69.6 Å². The minimum atomic E-state index is -0.220. The van der Waals surface area contributed by atoms with E-state index in [1.807, 2.05) is 0 Å². The second-order valence-corrected chi connectivity index (χ2v) is 7.23. The first-order valence-electron chi connectivity index (χ1n) is 9.16. The van der Waals surface area contributed by atoms with Gasteiger partial charge in [0.15, 0.2) is 0 Å². The van der Waals surface area contributed by atoms with Gasteiger partial charge in [0.2, 0.25) is 5.91 Å². The number of benzene rings is 1. The van der Waals surface area contributed by atoms with Crippen molar-refractivity contribution in [1.82, 2.24) is 10.2 Å². The molecule has 3 rings (SSSR count). The van der Waals surface area contributed by atoms with Crippen LogP contribution in [0.3, 0.4) is 0 Å². The van der Waals surface area contributed by atoms with E-state index in [4.69, 9.17) is 5.73 Å². The van der Waals surface area contributed by atoms with E-state index in [-0.39, 0.29) is 36.2 Å². The number of halogens is 2. The van der Waals surface area contributed by atoms with Crippen molar-refractivity contribution in [2.24, 2.45) is 5.73 Å². The average Bonchev–Trinajstić information content (AvgIpc) is 2.59. The maximum atomic E-state index is 13.1. The summed E-state index contributed by atoms with van der Waals surface area (Å²) in [5.74, 6) is -0.0699. The highest BCUT2D eigenvalue weighted by Gasteiger charge is 2.30. The highest BCUT2D eigenvalue weighted by molar-refractivity contribution is 5.85. The molecule has 4 nitrogen and oxygen atoms in total. The van der Waals surface area contributed by atoms with Crippen LogP contribution in [0.15, 0.2) is 24.3 Å². The molecule has 2 aliphatic rings. The number of hydrogen-bond donors (Lipinski definition) is 2. The van der Waals surface area contributed by atoms with Crippen LogP contribution in [-0.2, 0) is 11.3 Å².